The topological polar surface area (TPSA) is 90.0 Å². The predicted molar refractivity (Wildman–Crippen MR) is 112 cm³/mol. The summed E-state index contributed by atoms with van der Waals surface area (Å²) in [6, 6.07) is 7.61. The number of thioether (sulfide) groups is 1. The van der Waals surface area contributed by atoms with E-state index < -0.39 is 6.04 Å². The number of furan rings is 1. The Morgan fingerprint density at radius 3 is 2.72 bits per heavy atom. The smallest absolute Gasteiger partial charge is 0.287 e. The van der Waals surface area contributed by atoms with E-state index in [0.29, 0.717) is 33.1 Å². The highest BCUT2D eigenvalue weighted by Gasteiger charge is 2.21. The molecule has 1 amide bonds. The Bertz CT molecular complexity index is 1020. The van der Waals surface area contributed by atoms with Gasteiger partial charge in [0, 0.05) is 17.1 Å². The summed E-state index contributed by atoms with van der Waals surface area (Å²) in [4.78, 5) is 24.7. The number of nitrogens with zero attached hydrogens (tertiary/aromatic N) is 3. The van der Waals surface area contributed by atoms with Crippen LogP contribution in [0.25, 0.3) is 0 Å². The van der Waals surface area contributed by atoms with Gasteiger partial charge in [-0.3, -0.25) is 9.59 Å². The number of hydrogen-bond donors (Lipinski definition) is 1. The van der Waals surface area contributed by atoms with Crippen LogP contribution in [-0.4, -0.2) is 32.2 Å². The fraction of sp³-hybridized carbons (Fsp3) is 0.263. The maximum atomic E-state index is 12.5. The molecule has 0 saturated carbocycles. The molecule has 0 radical (unpaired) electrons. The van der Waals surface area contributed by atoms with Crippen LogP contribution in [0.1, 0.15) is 46.6 Å². The molecule has 0 aliphatic rings. The highest BCUT2D eigenvalue weighted by atomic mass is 35.5. The highest BCUT2D eigenvalue weighted by molar-refractivity contribution is 7.99. The average molecular weight is 453 g/mol. The summed E-state index contributed by atoms with van der Waals surface area (Å²) in [6.07, 6.45) is 1.44. The van der Waals surface area contributed by atoms with Crippen molar-refractivity contribution >= 4 is 46.7 Å². The van der Waals surface area contributed by atoms with Crippen LogP contribution in [0.5, 0.6) is 0 Å². The molecule has 3 rings (SSSR count). The van der Waals surface area contributed by atoms with Gasteiger partial charge in [-0.25, -0.2) is 0 Å². The van der Waals surface area contributed by atoms with Crippen molar-refractivity contribution in [2.75, 3.05) is 5.75 Å². The van der Waals surface area contributed by atoms with Gasteiger partial charge in [-0.2, -0.15) is 0 Å². The first-order chi connectivity index (χ1) is 13.9. The number of nitrogens with one attached hydrogen (secondary N) is 1. The standard InChI is InChI=1S/C19H18Cl2N4O3S/c1-3-25-17(11(2)22-18(27)16-5-4-8-28-16)23-24-19(25)29-10-15(26)13-7-6-12(20)9-14(13)21/h4-9,11H,3,10H2,1-2H3,(H,22,27)/t11-/m1/s1. The molecular formula is C19H18Cl2N4O3S. The lowest BCUT2D eigenvalue weighted by molar-refractivity contribution is 0.0909. The Labute approximate surface area is 181 Å². The van der Waals surface area contributed by atoms with Crippen molar-refractivity contribution in [2.45, 2.75) is 31.6 Å². The summed E-state index contributed by atoms with van der Waals surface area (Å²) in [5.74, 6) is 0.483. The van der Waals surface area contributed by atoms with Crippen molar-refractivity contribution in [1.82, 2.24) is 20.1 Å². The van der Waals surface area contributed by atoms with Crippen LogP contribution in [-0.2, 0) is 6.54 Å². The number of benzene rings is 1. The summed E-state index contributed by atoms with van der Waals surface area (Å²) in [5.41, 5.74) is 0.408. The van der Waals surface area contributed by atoms with Gasteiger partial charge in [0.15, 0.2) is 22.5 Å². The molecule has 152 valence electrons. The molecule has 0 unspecified atom stereocenters. The molecule has 0 bridgehead atoms. The third-order valence-corrected chi connectivity index (χ3v) is 5.62. The maximum Gasteiger partial charge on any atom is 0.287 e. The monoisotopic (exact) mass is 452 g/mol. The van der Waals surface area contributed by atoms with Gasteiger partial charge in [0.1, 0.15) is 0 Å². The maximum absolute atomic E-state index is 12.5. The average Bonchev–Trinajstić information content (AvgIpc) is 3.35. The van der Waals surface area contributed by atoms with Crippen LogP contribution in [0, 0.1) is 0 Å². The number of rotatable bonds is 8. The number of hydrogen-bond acceptors (Lipinski definition) is 6. The van der Waals surface area contributed by atoms with E-state index in [-0.39, 0.29) is 23.2 Å². The third kappa shape index (κ3) is 5.01. The SMILES string of the molecule is CCn1c(SCC(=O)c2ccc(Cl)cc2Cl)nnc1[C@@H](C)NC(=O)c1ccco1. The minimum Gasteiger partial charge on any atom is -0.459 e. The summed E-state index contributed by atoms with van der Waals surface area (Å²) >= 11 is 13.2. The number of carbonyl (C=O) groups excluding carboxylic acids is 2. The number of halogens is 2. The number of ketones is 1. The lowest BCUT2D eigenvalue weighted by Crippen LogP contribution is -2.28. The minimum absolute atomic E-state index is 0.136. The molecule has 2 aromatic heterocycles. The normalized spacial score (nSPS) is 12.0. The number of amides is 1. The van der Waals surface area contributed by atoms with Crippen LogP contribution in [0.4, 0.5) is 0 Å². The molecule has 0 aliphatic heterocycles. The van der Waals surface area contributed by atoms with Gasteiger partial charge in [-0.15, -0.1) is 10.2 Å². The Morgan fingerprint density at radius 2 is 2.07 bits per heavy atom. The molecule has 7 nitrogen and oxygen atoms in total. The van der Waals surface area contributed by atoms with E-state index >= 15 is 0 Å². The second-order valence-electron chi connectivity index (χ2n) is 6.09. The summed E-state index contributed by atoms with van der Waals surface area (Å²) < 4.78 is 6.96. The second-order valence-corrected chi connectivity index (χ2v) is 7.88. The second kappa shape index (κ2) is 9.47. The van der Waals surface area contributed by atoms with Gasteiger partial charge in [0.05, 0.1) is 23.1 Å². The molecule has 0 spiro atoms. The van der Waals surface area contributed by atoms with Gasteiger partial charge in [-0.05, 0) is 44.2 Å². The summed E-state index contributed by atoms with van der Waals surface area (Å²) in [7, 11) is 0. The Morgan fingerprint density at radius 1 is 1.28 bits per heavy atom. The van der Waals surface area contributed by atoms with Crippen LogP contribution < -0.4 is 5.32 Å². The van der Waals surface area contributed by atoms with E-state index in [0.717, 1.165) is 0 Å². The van der Waals surface area contributed by atoms with Crippen molar-refractivity contribution in [3.63, 3.8) is 0 Å². The van der Waals surface area contributed by atoms with E-state index in [2.05, 4.69) is 15.5 Å². The molecule has 1 N–H and O–H groups in total. The molecule has 1 atom stereocenters. The lowest BCUT2D eigenvalue weighted by atomic mass is 10.1. The first kappa shape index (κ1) is 21.4. The van der Waals surface area contributed by atoms with Gasteiger partial charge in [0.2, 0.25) is 0 Å². The third-order valence-electron chi connectivity index (χ3n) is 4.11. The fourth-order valence-corrected chi connectivity index (χ4v) is 4.09. The molecule has 0 aliphatic carbocycles. The van der Waals surface area contributed by atoms with Crippen LogP contribution in [0.3, 0.4) is 0 Å². The number of Topliss-reactive ketones (excluding diaryl/α,β-unsaturated/α-hetero) is 1. The van der Waals surface area contributed by atoms with Crippen molar-refractivity contribution in [2.24, 2.45) is 0 Å². The van der Waals surface area contributed by atoms with Gasteiger partial charge in [-0.1, -0.05) is 35.0 Å². The number of carbonyl (C=O) groups is 2. The van der Waals surface area contributed by atoms with E-state index in [1.807, 2.05) is 18.4 Å². The van der Waals surface area contributed by atoms with Gasteiger partial charge >= 0.3 is 0 Å². The molecule has 0 saturated heterocycles. The quantitative estimate of drug-likeness (QED) is 0.394. The molecular weight excluding hydrogens is 435 g/mol. The Hall–Kier alpha value is -2.29. The molecule has 0 fully saturated rings. The largest absolute Gasteiger partial charge is 0.459 e. The Balaban J connectivity index is 1.68. The van der Waals surface area contributed by atoms with E-state index in [1.54, 1.807) is 24.3 Å². The first-order valence-electron chi connectivity index (χ1n) is 8.79. The summed E-state index contributed by atoms with van der Waals surface area (Å²) in [5, 5.41) is 12.6. The molecule has 1 aromatic carbocycles. The zero-order chi connectivity index (χ0) is 21.0. The zero-order valence-electron chi connectivity index (χ0n) is 15.7. The van der Waals surface area contributed by atoms with Gasteiger partial charge in [0.25, 0.3) is 5.91 Å². The molecule has 29 heavy (non-hydrogen) atoms. The fourth-order valence-electron chi connectivity index (χ4n) is 2.69. The molecule has 10 heteroatoms. The van der Waals surface area contributed by atoms with E-state index in [4.69, 9.17) is 27.6 Å². The van der Waals surface area contributed by atoms with Crippen molar-refractivity contribution < 1.29 is 14.0 Å². The van der Waals surface area contributed by atoms with Gasteiger partial charge < -0.3 is 14.3 Å². The molecule has 3 aromatic rings. The van der Waals surface area contributed by atoms with Crippen molar-refractivity contribution in [3.8, 4) is 0 Å². The summed E-state index contributed by atoms with van der Waals surface area (Å²) in [6.45, 7) is 4.33. The van der Waals surface area contributed by atoms with E-state index in [9.17, 15) is 9.59 Å². The lowest BCUT2D eigenvalue weighted by Gasteiger charge is -2.14. The van der Waals surface area contributed by atoms with Crippen molar-refractivity contribution in [3.05, 3.63) is 63.8 Å². The van der Waals surface area contributed by atoms with Crippen LogP contribution >= 0.6 is 35.0 Å². The van der Waals surface area contributed by atoms with Crippen molar-refractivity contribution in [1.29, 1.82) is 0 Å². The van der Waals surface area contributed by atoms with E-state index in [1.165, 1.54) is 24.1 Å². The number of aromatic nitrogens is 3. The zero-order valence-corrected chi connectivity index (χ0v) is 18.0. The Kier molecular flexibility index (Phi) is 7.00. The highest BCUT2D eigenvalue weighted by Crippen LogP contribution is 2.25. The first-order valence-corrected chi connectivity index (χ1v) is 10.5. The predicted octanol–water partition coefficient (Wildman–Crippen LogP) is 4.66. The van der Waals surface area contributed by atoms with Crippen LogP contribution in [0.15, 0.2) is 46.2 Å². The molecule has 2 heterocycles. The van der Waals surface area contributed by atoms with Crippen LogP contribution in [0.2, 0.25) is 10.0 Å². The minimum atomic E-state index is -0.393.